The lowest BCUT2D eigenvalue weighted by atomic mass is 10.2. The number of fused-ring (bicyclic) bond motifs is 1. The first-order valence-corrected chi connectivity index (χ1v) is 6.29. The molecular formula is C12H13NO3S. The molecule has 0 unspecified atom stereocenters. The van der Waals surface area contributed by atoms with Crippen molar-refractivity contribution < 1.29 is 14.6 Å². The number of H-pyrrole nitrogens is 1. The maximum atomic E-state index is 10.4. The molecule has 90 valence electrons. The Labute approximate surface area is 103 Å². The molecule has 2 aromatic rings. The summed E-state index contributed by atoms with van der Waals surface area (Å²) < 4.78 is 5.15. The molecule has 4 nitrogen and oxygen atoms in total. The number of methoxy groups -OCH3 is 1. The highest BCUT2D eigenvalue weighted by molar-refractivity contribution is 7.99. The van der Waals surface area contributed by atoms with E-state index in [4.69, 9.17) is 9.84 Å². The summed E-state index contributed by atoms with van der Waals surface area (Å²) in [7, 11) is 1.64. The number of aromatic amines is 1. The van der Waals surface area contributed by atoms with Crippen molar-refractivity contribution >= 4 is 28.6 Å². The summed E-state index contributed by atoms with van der Waals surface area (Å²) in [5.41, 5.74) is 2.07. The second kappa shape index (κ2) is 5.14. The van der Waals surface area contributed by atoms with Crippen LogP contribution in [0, 0.1) is 0 Å². The number of thioether (sulfide) groups is 1. The predicted octanol–water partition coefficient (Wildman–Crippen LogP) is 2.49. The zero-order valence-corrected chi connectivity index (χ0v) is 10.2. The highest BCUT2D eigenvalue weighted by Crippen LogP contribution is 2.23. The molecule has 2 N–H and O–H groups in total. The number of hydrogen-bond donors (Lipinski definition) is 2. The van der Waals surface area contributed by atoms with Crippen molar-refractivity contribution in [1.29, 1.82) is 0 Å². The van der Waals surface area contributed by atoms with Gasteiger partial charge in [-0.15, -0.1) is 11.8 Å². The minimum absolute atomic E-state index is 0.124. The van der Waals surface area contributed by atoms with Gasteiger partial charge in [-0.25, -0.2) is 0 Å². The van der Waals surface area contributed by atoms with E-state index in [0.29, 0.717) is 5.75 Å². The van der Waals surface area contributed by atoms with Crippen LogP contribution in [0.2, 0.25) is 0 Å². The van der Waals surface area contributed by atoms with Crippen LogP contribution in [0.4, 0.5) is 0 Å². The largest absolute Gasteiger partial charge is 0.497 e. The van der Waals surface area contributed by atoms with Crippen molar-refractivity contribution in [3.63, 3.8) is 0 Å². The van der Waals surface area contributed by atoms with E-state index in [-0.39, 0.29) is 5.75 Å². The summed E-state index contributed by atoms with van der Waals surface area (Å²) in [4.78, 5) is 13.6. The number of carbonyl (C=O) groups is 1. The smallest absolute Gasteiger partial charge is 0.313 e. The number of hydrogen-bond acceptors (Lipinski definition) is 3. The highest BCUT2D eigenvalue weighted by Gasteiger charge is 2.03. The lowest BCUT2D eigenvalue weighted by Gasteiger charge is -1.97. The summed E-state index contributed by atoms with van der Waals surface area (Å²) >= 11 is 1.38. The second-order valence-electron chi connectivity index (χ2n) is 3.63. The Bertz CT molecular complexity index is 536. The van der Waals surface area contributed by atoms with Gasteiger partial charge >= 0.3 is 5.97 Å². The van der Waals surface area contributed by atoms with Crippen molar-refractivity contribution in [3.8, 4) is 5.75 Å². The van der Waals surface area contributed by atoms with Gasteiger partial charge < -0.3 is 14.8 Å². The lowest BCUT2D eigenvalue weighted by Crippen LogP contribution is -1.98. The lowest BCUT2D eigenvalue weighted by molar-refractivity contribution is -0.133. The minimum atomic E-state index is -0.784. The van der Waals surface area contributed by atoms with E-state index in [2.05, 4.69) is 4.98 Å². The summed E-state index contributed by atoms with van der Waals surface area (Å²) in [5.74, 6) is 0.830. The molecule has 0 saturated carbocycles. The maximum Gasteiger partial charge on any atom is 0.313 e. The molecule has 0 spiro atoms. The van der Waals surface area contributed by atoms with E-state index in [9.17, 15) is 4.79 Å². The van der Waals surface area contributed by atoms with Crippen molar-refractivity contribution in [2.45, 2.75) is 5.75 Å². The number of carboxylic acids is 1. The number of benzene rings is 1. The third-order valence-electron chi connectivity index (χ3n) is 2.37. The Hall–Kier alpha value is -1.62. The Morgan fingerprint density at radius 2 is 2.29 bits per heavy atom. The van der Waals surface area contributed by atoms with Crippen LogP contribution in [0.1, 0.15) is 5.69 Å². The molecule has 2 rings (SSSR count). The van der Waals surface area contributed by atoms with E-state index in [0.717, 1.165) is 22.3 Å². The molecule has 0 bridgehead atoms. The number of carboxylic acid groups (broad SMARTS) is 1. The molecule has 0 fully saturated rings. The zero-order valence-electron chi connectivity index (χ0n) is 9.40. The summed E-state index contributed by atoms with van der Waals surface area (Å²) in [5, 5.41) is 9.63. The normalized spacial score (nSPS) is 10.6. The molecule has 1 heterocycles. The average molecular weight is 251 g/mol. The Balaban J connectivity index is 2.11. The molecule has 0 amide bonds. The standard InChI is InChI=1S/C12H13NO3S/c1-16-10-2-3-11-8(5-10)4-9(13-11)6-17-7-12(14)15/h2-5,13H,6-7H2,1H3,(H,14,15). The predicted molar refractivity (Wildman–Crippen MR) is 68.6 cm³/mol. The van der Waals surface area contributed by atoms with Gasteiger partial charge in [0, 0.05) is 22.3 Å². The van der Waals surface area contributed by atoms with Gasteiger partial charge in [-0.1, -0.05) is 0 Å². The van der Waals surface area contributed by atoms with E-state index < -0.39 is 5.97 Å². The van der Waals surface area contributed by atoms with Crippen LogP contribution in [-0.4, -0.2) is 28.9 Å². The fraction of sp³-hybridized carbons (Fsp3) is 0.250. The van der Waals surface area contributed by atoms with Crippen molar-refractivity contribution in [2.24, 2.45) is 0 Å². The van der Waals surface area contributed by atoms with E-state index in [1.54, 1.807) is 7.11 Å². The van der Waals surface area contributed by atoms with E-state index in [1.165, 1.54) is 11.8 Å². The van der Waals surface area contributed by atoms with Gasteiger partial charge in [-0.05, 0) is 24.3 Å². The first kappa shape index (κ1) is 11.9. The molecule has 0 radical (unpaired) electrons. The van der Waals surface area contributed by atoms with Gasteiger partial charge in [0.1, 0.15) is 5.75 Å². The van der Waals surface area contributed by atoms with Crippen LogP contribution >= 0.6 is 11.8 Å². The second-order valence-corrected chi connectivity index (χ2v) is 4.62. The summed E-state index contributed by atoms with van der Waals surface area (Å²) in [6.07, 6.45) is 0. The van der Waals surface area contributed by atoms with Crippen LogP contribution in [0.25, 0.3) is 10.9 Å². The highest BCUT2D eigenvalue weighted by atomic mass is 32.2. The van der Waals surface area contributed by atoms with Gasteiger partial charge in [0.15, 0.2) is 0 Å². The van der Waals surface area contributed by atoms with Crippen LogP contribution in [0.3, 0.4) is 0 Å². The first-order valence-electron chi connectivity index (χ1n) is 5.14. The van der Waals surface area contributed by atoms with Crippen molar-refractivity contribution in [1.82, 2.24) is 4.98 Å². The van der Waals surface area contributed by atoms with Gasteiger partial charge in [0.05, 0.1) is 12.9 Å². The SMILES string of the molecule is COc1ccc2[nH]c(CSCC(=O)O)cc2c1. The van der Waals surface area contributed by atoms with Crippen molar-refractivity contribution in [2.75, 3.05) is 12.9 Å². The minimum Gasteiger partial charge on any atom is -0.497 e. The Morgan fingerprint density at radius 3 is 3.00 bits per heavy atom. The summed E-state index contributed by atoms with van der Waals surface area (Å²) in [6, 6.07) is 7.83. The Morgan fingerprint density at radius 1 is 1.47 bits per heavy atom. The van der Waals surface area contributed by atoms with Crippen LogP contribution in [-0.2, 0) is 10.5 Å². The number of ether oxygens (including phenoxy) is 1. The number of aromatic nitrogens is 1. The zero-order chi connectivity index (χ0) is 12.3. The number of aliphatic carboxylic acids is 1. The van der Waals surface area contributed by atoms with E-state index >= 15 is 0 Å². The topological polar surface area (TPSA) is 62.3 Å². The van der Waals surface area contributed by atoms with Crippen LogP contribution in [0.5, 0.6) is 5.75 Å². The maximum absolute atomic E-state index is 10.4. The van der Waals surface area contributed by atoms with Crippen LogP contribution < -0.4 is 4.74 Å². The van der Waals surface area contributed by atoms with Gasteiger partial charge in [0.2, 0.25) is 0 Å². The average Bonchev–Trinajstić information content (AvgIpc) is 2.69. The molecular weight excluding hydrogens is 238 g/mol. The van der Waals surface area contributed by atoms with Crippen molar-refractivity contribution in [3.05, 3.63) is 30.0 Å². The third kappa shape index (κ3) is 2.94. The fourth-order valence-corrected chi connectivity index (χ4v) is 2.28. The summed E-state index contributed by atoms with van der Waals surface area (Å²) in [6.45, 7) is 0. The van der Waals surface area contributed by atoms with Crippen LogP contribution in [0.15, 0.2) is 24.3 Å². The van der Waals surface area contributed by atoms with Gasteiger partial charge in [0.25, 0.3) is 0 Å². The molecule has 5 heteroatoms. The molecule has 0 aliphatic carbocycles. The van der Waals surface area contributed by atoms with Gasteiger partial charge in [-0.2, -0.15) is 0 Å². The molecule has 0 aliphatic rings. The van der Waals surface area contributed by atoms with E-state index in [1.807, 2.05) is 24.3 Å². The number of rotatable bonds is 5. The molecule has 0 aliphatic heterocycles. The number of nitrogens with one attached hydrogen (secondary N) is 1. The molecule has 0 atom stereocenters. The Kier molecular flexibility index (Phi) is 3.58. The molecule has 1 aromatic carbocycles. The quantitative estimate of drug-likeness (QED) is 0.857. The molecule has 0 saturated heterocycles. The van der Waals surface area contributed by atoms with Gasteiger partial charge in [-0.3, -0.25) is 4.79 Å². The third-order valence-corrected chi connectivity index (χ3v) is 3.33. The molecule has 1 aromatic heterocycles. The molecule has 17 heavy (non-hydrogen) atoms. The first-order chi connectivity index (χ1) is 8.19. The fourth-order valence-electron chi connectivity index (χ4n) is 1.62. The monoisotopic (exact) mass is 251 g/mol.